The second-order valence-corrected chi connectivity index (χ2v) is 8.95. The summed E-state index contributed by atoms with van der Waals surface area (Å²) in [4.78, 5) is 16.4. The Hall–Kier alpha value is -3.55. The van der Waals surface area contributed by atoms with Crippen LogP contribution in [0.4, 0.5) is 9.18 Å². The molecule has 176 valence electrons. The van der Waals surface area contributed by atoms with Gasteiger partial charge in [0, 0.05) is 29.0 Å². The number of alkyl carbamates (subject to hydrolysis) is 1. The molecule has 1 amide bonds. The van der Waals surface area contributed by atoms with Gasteiger partial charge in [0.2, 0.25) is 0 Å². The van der Waals surface area contributed by atoms with E-state index in [0.717, 1.165) is 54.0 Å². The molecule has 0 saturated heterocycles. The minimum Gasteiger partial charge on any atom is -0.450 e. The van der Waals surface area contributed by atoms with E-state index in [-0.39, 0.29) is 23.9 Å². The average Bonchev–Trinajstić information content (AvgIpc) is 3.30. The van der Waals surface area contributed by atoms with Gasteiger partial charge in [0.05, 0.1) is 12.3 Å². The molecule has 1 N–H and O–H groups in total. The highest BCUT2D eigenvalue weighted by atomic mass is 19.1. The molecule has 2 aromatic heterocycles. The molecule has 2 aliphatic rings. The first-order valence-electron chi connectivity index (χ1n) is 11.8. The minimum atomic E-state index is -0.352. The average molecular weight is 463 g/mol. The number of fused-ring (bicyclic) bond motifs is 2. The highest BCUT2D eigenvalue weighted by Crippen LogP contribution is 2.47. The Labute approximate surface area is 197 Å². The largest absolute Gasteiger partial charge is 0.450 e. The number of carbonyl (C=O) groups is 1. The molecule has 0 bridgehead atoms. The van der Waals surface area contributed by atoms with Crippen molar-refractivity contribution in [1.29, 1.82) is 0 Å². The highest BCUT2D eigenvalue weighted by molar-refractivity contribution is 5.67. The van der Waals surface area contributed by atoms with Crippen LogP contribution in [0.25, 0.3) is 17.2 Å². The Balaban J connectivity index is 1.32. The first-order chi connectivity index (χ1) is 16.6. The number of allylic oxidation sites excluding steroid dienone is 1. The van der Waals surface area contributed by atoms with Crippen LogP contribution in [0.15, 0.2) is 53.2 Å². The second kappa shape index (κ2) is 9.75. The van der Waals surface area contributed by atoms with Crippen molar-refractivity contribution in [2.24, 2.45) is 11.8 Å². The summed E-state index contributed by atoms with van der Waals surface area (Å²) in [7, 11) is 0. The number of nitrogens with one attached hydrogen (secondary N) is 1. The molecule has 0 spiro atoms. The van der Waals surface area contributed by atoms with E-state index in [0.29, 0.717) is 18.4 Å². The van der Waals surface area contributed by atoms with E-state index in [1.54, 1.807) is 19.2 Å². The van der Waals surface area contributed by atoms with Gasteiger partial charge >= 0.3 is 6.09 Å². The van der Waals surface area contributed by atoms with Crippen LogP contribution in [0.1, 0.15) is 49.3 Å². The maximum atomic E-state index is 13.5. The van der Waals surface area contributed by atoms with Gasteiger partial charge in [-0.05, 0) is 74.3 Å². The number of hydrogen-bond donors (Lipinski definition) is 1. The highest BCUT2D eigenvalue weighted by Gasteiger charge is 2.42. The van der Waals surface area contributed by atoms with Crippen molar-refractivity contribution < 1.29 is 18.4 Å². The fourth-order valence-electron chi connectivity index (χ4n) is 5.29. The van der Waals surface area contributed by atoms with E-state index < -0.39 is 0 Å². The summed E-state index contributed by atoms with van der Waals surface area (Å²) in [6, 6.07) is 10.5. The molecular formula is C26H27FN4O3. The third-order valence-electron chi connectivity index (χ3n) is 6.86. The summed E-state index contributed by atoms with van der Waals surface area (Å²) in [5.41, 5.74) is 3.36. The molecule has 3 aromatic rings. The van der Waals surface area contributed by atoms with E-state index in [1.807, 2.05) is 24.3 Å². The zero-order chi connectivity index (χ0) is 23.5. The number of nitrogens with zero attached hydrogens (tertiary/aromatic N) is 3. The van der Waals surface area contributed by atoms with E-state index in [4.69, 9.17) is 9.26 Å². The van der Waals surface area contributed by atoms with Crippen LogP contribution in [0.2, 0.25) is 0 Å². The topological polar surface area (TPSA) is 90.1 Å². The predicted molar refractivity (Wildman–Crippen MR) is 124 cm³/mol. The van der Waals surface area contributed by atoms with Gasteiger partial charge in [0.1, 0.15) is 11.5 Å². The lowest BCUT2D eigenvalue weighted by molar-refractivity contribution is 0.125. The summed E-state index contributed by atoms with van der Waals surface area (Å²) in [6.45, 7) is 2.17. The van der Waals surface area contributed by atoms with Crippen molar-refractivity contribution in [1.82, 2.24) is 20.7 Å². The molecule has 34 heavy (non-hydrogen) atoms. The predicted octanol–water partition coefficient (Wildman–Crippen LogP) is 5.15. The molecule has 0 unspecified atom stereocenters. The van der Waals surface area contributed by atoms with E-state index in [2.05, 4.69) is 26.7 Å². The summed E-state index contributed by atoms with van der Waals surface area (Å²) in [5.74, 6) is 1.36. The lowest BCUT2D eigenvalue weighted by atomic mass is 9.65. The van der Waals surface area contributed by atoms with Crippen molar-refractivity contribution >= 4 is 12.2 Å². The second-order valence-electron chi connectivity index (χ2n) is 8.95. The number of amides is 1. The number of carbonyl (C=O) groups excluding carboxylic acids is 1. The molecule has 5 rings (SSSR count). The van der Waals surface area contributed by atoms with Crippen LogP contribution in [0.5, 0.6) is 0 Å². The fourth-order valence-corrected chi connectivity index (χ4v) is 5.29. The zero-order valence-corrected chi connectivity index (χ0v) is 19.0. The number of ether oxygens (including phenoxy) is 1. The van der Waals surface area contributed by atoms with Crippen molar-refractivity contribution in [2.75, 3.05) is 6.61 Å². The monoisotopic (exact) mass is 462 g/mol. The molecular weight excluding hydrogens is 435 g/mol. The van der Waals surface area contributed by atoms with Gasteiger partial charge in [-0.25, -0.2) is 9.18 Å². The molecule has 8 heteroatoms. The molecule has 1 aromatic carbocycles. The van der Waals surface area contributed by atoms with Crippen LogP contribution in [-0.2, 0) is 11.2 Å². The molecule has 2 heterocycles. The quantitative estimate of drug-likeness (QED) is 0.564. The number of halogens is 1. The number of hydrogen-bond acceptors (Lipinski definition) is 6. The molecule has 7 nitrogen and oxygen atoms in total. The van der Waals surface area contributed by atoms with Crippen LogP contribution < -0.4 is 5.32 Å². The first kappa shape index (κ1) is 22.3. The van der Waals surface area contributed by atoms with Crippen molar-refractivity contribution in [3.05, 3.63) is 71.6 Å². The SMILES string of the molecule is CCOC(=O)N[C@@H]1CC[C@@H]2[C@H](Cc3nnoc3[C@H]2/C=C/c2ccc(-c3cccc(F)c3)cn2)C1. The van der Waals surface area contributed by atoms with Gasteiger partial charge in [0.25, 0.3) is 0 Å². The van der Waals surface area contributed by atoms with Crippen LogP contribution in [0, 0.1) is 17.7 Å². The first-order valence-corrected chi connectivity index (χ1v) is 11.8. The van der Waals surface area contributed by atoms with Crippen molar-refractivity contribution in [3.8, 4) is 11.1 Å². The Morgan fingerprint density at radius 2 is 2.18 bits per heavy atom. The van der Waals surface area contributed by atoms with E-state index in [1.165, 1.54) is 12.1 Å². The molecule has 1 saturated carbocycles. The van der Waals surface area contributed by atoms with Crippen LogP contribution in [0.3, 0.4) is 0 Å². The number of benzene rings is 1. The number of aromatic nitrogens is 3. The Morgan fingerprint density at radius 1 is 1.26 bits per heavy atom. The van der Waals surface area contributed by atoms with Gasteiger partial charge in [0.15, 0.2) is 5.76 Å². The zero-order valence-electron chi connectivity index (χ0n) is 19.0. The molecule has 0 aliphatic heterocycles. The Bertz CT molecular complexity index is 1180. The third kappa shape index (κ3) is 4.71. The van der Waals surface area contributed by atoms with Crippen LogP contribution >= 0.6 is 0 Å². The van der Waals surface area contributed by atoms with Crippen molar-refractivity contribution in [3.63, 3.8) is 0 Å². The van der Waals surface area contributed by atoms with Gasteiger partial charge in [-0.3, -0.25) is 4.98 Å². The lowest BCUT2D eigenvalue weighted by Crippen LogP contribution is -2.44. The maximum Gasteiger partial charge on any atom is 0.407 e. The van der Waals surface area contributed by atoms with Crippen molar-refractivity contribution in [2.45, 2.75) is 44.6 Å². The fraction of sp³-hybridized carbons (Fsp3) is 0.385. The molecule has 0 radical (unpaired) electrons. The summed E-state index contributed by atoms with van der Waals surface area (Å²) < 4.78 is 24.1. The summed E-state index contributed by atoms with van der Waals surface area (Å²) in [5, 5.41) is 11.0. The maximum absolute atomic E-state index is 13.5. The molecule has 4 atom stereocenters. The standard InChI is InChI=1S/C26H27FN4O3/c1-2-33-26(32)29-21-9-10-22-18(13-21)14-24-25(34-31-30-24)23(22)11-8-20-7-6-17(15-28-20)16-4-3-5-19(27)12-16/h3-8,11-12,15,18,21-23H,2,9-10,13-14H2,1H3,(H,29,32)/b11-8+/t18-,21+,22+,23-/m0/s1. The van der Waals surface area contributed by atoms with E-state index in [9.17, 15) is 9.18 Å². The van der Waals surface area contributed by atoms with Gasteiger partial charge in [-0.15, -0.1) is 5.10 Å². The van der Waals surface area contributed by atoms with Crippen LogP contribution in [-0.4, -0.2) is 34.1 Å². The Kier molecular flexibility index (Phi) is 6.38. The molecule has 1 fully saturated rings. The van der Waals surface area contributed by atoms with Gasteiger partial charge in [-0.2, -0.15) is 0 Å². The smallest absolute Gasteiger partial charge is 0.407 e. The normalized spacial score (nSPS) is 23.8. The lowest BCUT2D eigenvalue weighted by Gasteiger charge is -2.41. The summed E-state index contributed by atoms with van der Waals surface area (Å²) in [6.07, 6.45) is 9.06. The minimum absolute atomic E-state index is 0.0528. The number of rotatable bonds is 5. The van der Waals surface area contributed by atoms with E-state index >= 15 is 0 Å². The summed E-state index contributed by atoms with van der Waals surface area (Å²) >= 11 is 0. The number of pyridine rings is 1. The van der Waals surface area contributed by atoms with Gasteiger partial charge in [-0.1, -0.05) is 24.3 Å². The molecule has 2 aliphatic carbocycles. The van der Waals surface area contributed by atoms with Gasteiger partial charge < -0.3 is 14.6 Å². The third-order valence-corrected chi connectivity index (χ3v) is 6.86. The Morgan fingerprint density at radius 3 is 2.97 bits per heavy atom.